The van der Waals surface area contributed by atoms with Crippen LogP contribution >= 0.6 is 0 Å². The molecular weight excluding hydrogens is 516 g/mol. The molecule has 0 saturated carbocycles. The van der Waals surface area contributed by atoms with Gasteiger partial charge in [-0.2, -0.15) is 0 Å². The molecule has 0 unspecified atom stereocenters. The van der Waals surface area contributed by atoms with E-state index in [1.165, 1.54) is 43.5 Å². The first-order valence-corrected chi connectivity index (χ1v) is 11.7. The molecule has 0 radical (unpaired) electrons. The highest BCUT2D eigenvalue weighted by Gasteiger charge is 2.34. The summed E-state index contributed by atoms with van der Waals surface area (Å²) in [4.78, 5) is 1.88. The summed E-state index contributed by atoms with van der Waals surface area (Å²) in [6.45, 7) is 0.142. The number of halogens is 6. The van der Waals surface area contributed by atoms with Crippen molar-refractivity contribution in [2.24, 2.45) is 0 Å². The fraction of sp³-hybridized carbons (Fsp3) is 0.333. The molecule has 1 aliphatic heterocycles. The van der Waals surface area contributed by atoms with Crippen LogP contribution in [0.4, 0.5) is 32.0 Å². The summed E-state index contributed by atoms with van der Waals surface area (Å²) in [5.41, 5.74) is 3.31. The molecule has 0 spiro atoms. The summed E-state index contributed by atoms with van der Waals surface area (Å²) in [5, 5.41) is 10.6. The van der Waals surface area contributed by atoms with Gasteiger partial charge in [0.1, 0.15) is 11.5 Å². The van der Waals surface area contributed by atoms with E-state index >= 15 is 0 Å². The number of anilines is 1. The summed E-state index contributed by atoms with van der Waals surface area (Å²) in [6.07, 6.45) is -9.62. The van der Waals surface area contributed by atoms with Gasteiger partial charge >= 0.3 is 12.7 Å². The highest BCUT2D eigenvalue weighted by molar-refractivity contribution is 5.76. The Morgan fingerprint density at radius 1 is 0.895 bits per heavy atom. The van der Waals surface area contributed by atoms with Crippen molar-refractivity contribution in [1.82, 2.24) is 0 Å². The molecule has 2 atom stereocenters. The van der Waals surface area contributed by atoms with E-state index in [0.29, 0.717) is 35.2 Å². The molecule has 0 aliphatic carbocycles. The molecule has 1 aliphatic rings. The summed E-state index contributed by atoms with van der Waals surface area (Å²) < 4.78 is 90.0. The summed E-state index contributed by atoms with van der Waals surface area (Å²) in [6, 6.07) is 16.3. The maximum atomic E-state index is 12.8. The van der Waals surface area contributed by atoms with Crippen LogP contribution in [0.2, 0.25) is 0 Å². The zero-order chi connectivity index (χ0) is 27.5. The molecule has 4 rings (SSSR count). The molecule has 0 fully saturated rings. The van der Waals surface area contributed by atoms with Crippen molar-refractivity contribution in [3.05, 3.63) is 77.9 Å². The number of aliphatic hydroxyl groups excluding tert-OH is 1. The summed E-state index contributed by atoms with van der Waals surface area (Å²) in [5.74, 6) is -0.705. The van der Waals surface area contributed by atoms with Crippen LogP contribution in [0.1, 0.15) is 23.6 Å². The number of β-amino-alcohol motifs (C(OH)–C–C–N with tert-alkyl or cyclic N) is 1. The van der Waals surface area contributed by atoms with Crippen molar-refractivity contribution in [2.45, 2.75) is 37.7 Å². The Labute approximate surface area is 215 Å². The van der Waals surface area contributed by atoms with Gasteiger partial charge in [0.2, 0.25) is 0 Å². The third-order valence-corrected chi connectivity index (χ3v) is 6.13. The molecule has 1 heterocycles. The number of rotatable bonds is 8. The van der Waals surface area contributed by atoms with E-state index in [9.17, 15) is 31.4 Å². The predicted molar refractivity (Wildman–Crippen MR) is 128 cm³/mol. The van der Waals surface area contributed by atoms with E-state index < -0.39 is 24.9 Å². The first kappa shape index (κ1) is 27.6. The Kier molecular flexibility index (Phi) is 8.08. The maximum Gasteiger partial charge on any atom is 0.573 e. The number of hydrogen-bond acceptors (Lipinski definition) is 5. The van der Waals surface area contributed by atoms with Crippen LogP contribution in [0.3, 0.4) is 0 Å². The maximum absolute atomic E-state index is 12.8. The van der Waals surface area contributed by atoms with E-state index in [-0.39, 0.29) is 24.7 Å². The van der Waals surface area contributed by atoms with E-state index in [0.717, 1.165) is 5.56 Å². The molecule has 11 heteroatoms. The average molecular weight is 541 g/mol. The minimum absolute atomic E-state index is 0.0340. The zero-order valence-corrected chi connectivity index (χ0v) is 20.2. The number of methoxy groups -OCH3 is 1. The van der Waals surface area contributed by atoms with E-state index in [1.807, 2.05) is 11.0 Å². The van der Waals surface area contributed by atoms with Crippen molar-refractivity contribution >= 4 is 5.69 Å². The molecule has 0 aromatic heterocycles. The summed E-state index contributed by atoms with van der Waals surface area (Å²) in [7, 11) is 1.44. The van der Waals surface area contributed by atoms with Crippen LogP contribution in [0.15, 0.2) is 66.7 Å². The monoisotopic (exact) mass is 541 g/mol. The van der Waals surface area contributed by atoms with Gasteiger partial charge in [0, 0.05) is 19.3 Å². The van der Waals surface area contributed by atoms with Crippen molar-refractivity contribution in [3.63, 3.8) is 0 Å². The Morgan fingerprint density at radius 2 is 1.53 bits per heavy atom. The lowest BCUT2D eigenvalue weighted by molar-refractivity contribution is -0.275. The number of benzene rings is 3. The third-order valence-electron chi connectivity index (χ3n) is 6.13. The second-order valence-electron chi connectivity index (χ2n) is 8.82. The molecule has 204 valence electrons. The minimum atomic E-state index is -4.84. The first-order chi connectivity index (χ1) is 17.9. The number of ether oxygens (including phenoxy) is 3. The normalized spacial score (nSPS) is 16.6. The van der Waals surface area contributed by atoms with Gasteiger partial charge in [0.05, 0.1) is 18.8 Å². The van der Waals surface area contributed by atoms with Gasteiger partial charge in [-0.25, -0.2) is 0 Å². The zero-order valence-electron chi connectivity index (χ0n) is 20.2. The van der Waals surface area contributed by atoms with E-state index in [2.05, 4.69) is 9.47 Å². The Bertz CT molecular complexity index is 1250. The van der Waals surface area contributed by atoms with Crippen LogP contribution in [-0.4, -0.2) is 44.2 Å². The van der Waals surface area contributed by atoms with Crippen LogP contribution in [0.25, 0.3) is 11.1 Å². The third kappa shape index (κ3) is 6.90. The average Bonchev–Trinajstić information content (AvgIpc) is 2.82. The van der Waals surface area contributed by atoms with Gasteiger partial charge in [0.25, 0.3) is 0 Å². The Morgan fingerprint density at radius 3 is 2.18 bits per heavy atom. The standard InChI is InChI=1S/C27H25F6NO4/c1-36-16-19(35)15-34-24(18-6-3-8-21(14-18)38-27(31,32)33)12-11-23-22(9-4-10-25(23)34)17-5-2-7-20(13-17)37-26(28,29)30/h2-10,13-14,19,24,35H,11-12,15-16H2,1H3/t19-,24+/m0/s1. The molecule has 38 heavy (non-hydrogen) atoms. The lowest BCUT2D eigenvalue weighted by Gasteiger charge is -2.41. The van der Waals surface area contributed by atoms with Crippen LogP contribution in [-0.2, 0) is 11.2 Å². The Balaban J connectivity index is 1.74. The van der Waals surface area contributed by atoms with Gasteiger partial charge in [-0.05, 0) is 65.4 Å². The molecule has 5 nitrogen and oxygen atoms in total. The van der Waals surface area contributed by atoms with Gasteiger partial charge in [0.15, 0.2) is 0 Å². The van der Waals surface area contributed by atoms with Crippen LogP contribution < -0.4 is 14.4 Å². The predicted octanol–water partition coefficient (Wildman–Crippen LogP) is 6.65. The van der Waals surface area contributed by atoms with Gasteiger partial charge < -0.3 is 24.2 Å². The fourth-order valence-corrected chi connectivity index (χ4v) is 4.81. The van der Waals surface area contributed by atoms with Crippen molar-refractivity contribution in [1.29, 1.82) is 0 Å². The van der Waals surface area contributed by atoms with Gasteiger partial charge in [-0.15, -0.1) is 26.3 Å². The smallest absolute Gasteiger partial charge is 0.406 e. The van der Waals surface area contributed by atoms with Gasteiger partial charge in [-0.3, -0.25) is 0 Å². The highest BCUT2D eigenvalue weighted by Crippen LogP contribution is 2.44. The molecule has 0 bridgehead atoms. The highest BCUT2D eigenvalue weighted by atomic mass is 19.4. The number of alkyl halides is 6. The topological polar surface area (TPSA) is 51.2 Å². The van der Waals surface area contributed by atoms with Crippen LogP contribution in [0, 0.1) is 0 Å². The van der Waals surface area contributed by atoms with Gasteiger partial charge in [-0.1, -0.05) is 36.4 Å². The minimum Gasteiger partial charge on any atom is -0.406 e. The van der Waals surface area contributed by atoms with Crippen molar-refractivity contribution in [3.8, 4) is 22.6 Å². The second-order valence-corrected chi connectivity index (χ2v) is 8.82. The SMILES string of the molecule is COC[C@@H](O)CN1c2cccc(-c3cccc(OC(F)(F)F)c3)c2CC[C@@H]1c1cccc(OC(F)(F)F)c1. The quantitative estimate of drug-likeness (QED) is 0.324. The molecule has 3 aromatic rings. The number of hydrogen-bond donors (Lipinski definition) is 1. The molecule has 0 amide bonds. The fourth-order valence-electron chi connectivity index (χ4n) is 4.81. The van der Waals surface area contributed by atoms with E-state index in [1.54, 1.807) is 24.3 Å². The lowest BCUT2D eigenvalue weighted by Crippen LogP contribution is -2.40. The molecular formula is C27H25F6NO4. The van der Waals surface area contributed by atoms with E-state index in [4.69, 9.17) is 4.74 Å². The molecule has 1 N–H and O–H groups in total. The first-order valence-electron chi connectivity index (χ1n) is 11.7. The van der Waals surface area contributed by atoms with Crippen LogP contribution in [0.5, 0.6) is 11.5 Å². The number of fused-ring (bicyclic) bond motifs is 1. The second kappa shape index (κ2) is 11.1. The molecule has 3 aromatic carbocycles. The Hall–Kier alpha value is -3.44. The lowest BCUT2D eigenvalue weighted by atomic mass is 9.86. The summed E-state index contributed by atoms with van der Waals surface area (Å²) >= 11 is 0. The number of nitrogens with zero attached hydrogens (tertiary/aromatic N) is 1. The largest absolute Gasteiger partial charge is 0.573 e. The van der Waals surface area contributed by atoms with Crippen molar-refractivity contribution < 1.29 is 45.7 Å². The number of aliphatic hydroxyl groups is 1. The van der Waals surface area contributed by atoms with Crippen molar-refractivity contribution in [2.75, 3.05) is 25.2 Å². The molecule has 0 saturated heterocycles.